The van der Waals surface area contributed by atoms with E-state index in [1.165, 1.54) is 77.7 Å². The number of nitrogens with one attached hydrogen (secondary N) is 1. The number of hydrogen-bond donors (Lipinski definition) is 1. The van der Waals surface area contributed by atoms with Crippen molar-refractivity contribution < 1.29 is 4.79 Å². The van der Waals surface area contributed by atoms with Crippen molar-refractivity contribution in [3.05, 3.63) is 0 Å². The highest BCUT2D eigenvalue weighted by atomic mass is 16.1. The molecular weight excluding hydrogens is 274 g/mol. The predicted molar refractivity (Wildman–Crippen MR) is 89.8 cm³/mol. The average molecular weight is 307 g/mol. The van der Waals surface area contributed by atoms with Crippen LogP contribution in [0.5, 0.6) is 0 Å². The summed E-state index contributed by atoms with van der Waals surface area (Å²) in [6.07, 6.45) is 10.2. The van der Waals surface area contributed by atoms with Crippen molar-refractivity contribution in [2.24, 2.45) is 11.8 Å². The van der Waals surface area contributed by atoms with Crippen LogP contribution in [0.3, 0.4) is 0 Å². The summed E-state index contributed by atoms with van der Waals surface area (Å²) in [4.78, 5) is 17.0. The zero-order chi connectivity index (χ0) is 15.4. The van der Waals surface area contributed by atoms with Gasteiger partial charge in [0.05, 0.1) is 0 Å². The van der Waals surface area contributed by atoms with Gasteiger partial charge in [0.1, 0.15) is 0 Å². The molecule has 4 nitrogen and oxygen atoms in total. The van der Waals surface area contributed by atoms with Gasteiger partial charge in [-0.1, -0.05) is 6.42 Å². The van der Waals surface area contributed by atoms with Crippen molar-refractivity contribution >= 4 is 5.91 Å². The Morgan fingerprint density at radius 3 is 2.55 bits per heavy atom. The van der Waals surface area contributed by atoms with Crippen molar-refractivity contribution in [3.63, 3.8) is 0 Å². The van der Waals surface area contributed by atoms with Crippen LogP contribution in [0.1, 0.15) is 51.4 Å². The van der Waals surface area contributed by atoms with Gasteiger partial charge >= 0.3 is 0 Å². The third-order valence-electron chi connectivity index (χ3n) is 6.18. The first kappa shape index (κ1) is 16.3. The SMILES string of the molecule is CNC(=O)CC1CCN(C[C@@H]2CCCN3CCCC[C@H]23)CC1. The van der Waals surface area contributed by atoms with Crippen LogP contribution in [0, 0.1) is 11.8 Å². The van der Waals surface area contributed by atoms with Gasteiger partial charge in [0.2, 0.25) is 5.91 Å². The second kappa shape index (κ2) is 7.78. The van der Waals surface area contributed by atoms with Gasteiger partial charge in [0.25, 0.3) is 0 Å². The summed E-state index contributed by atoms with van der Waals surface area (Å²) in [5.41, 5.74) is 0. The molecule has 1 amide bonds. The molecule has 3 heterocycles. The van der Waals surface area contributed by atoms with E-state index in [1.807, 2.05) is 0 Å². The second-order valence-corrected chi connectivity index (χ2v) is 7.62. The van der Waals surface area contributed by atoms with Crippen LogP contribution in [0.2, 0.25) is 0 Å². The molecule has 3 aliphatic heterocycles. The van der Waals surface area contributed by atoms with E-state index >= 15 is 0 Å². The first-order valence-electron chi connectivity index (χ1n) is 9.43. The van der Waals surface area contributed by atoms with Crippen LogP contribution < -0.4 is 5.32 Å². The fraction of sp³-hybridized carbons (Fsp3) is 0.944. The number of rotatable bonds is 4. The van der Waals surface area contributed by atoms with E-state index < -0.39 is 0 Å². The van der Waals surface area contributed by atoms with Crippen molar-refractivity contribution in [1.29, 1.82) is 0 Å². The van der Waals surface area contributed by atoms with Crippen LogP contribution in [0.25, 0.3) is 0 Å². The molecule has 126 valence electrons. The summed E-state index contributed by atoms with van der Waals surface area (Å²) in [6, 6.07) is 0.867. The molecule has 2 atom stereocenters. The topological polar surface area (TPSA) is 35.6 Å². The minimum atomic E-state index is 0.212. The third kappa shape index (κ3) is 4.02. The monoisotopic (exact) mass is 307 g/mol. The van der Waals surface area contributed by atoms with Crippen molar-refractivity contribution in [2.75, 3.05) is 39.8 Å². The highest BCUT2D eigenvalue weighted by Gasteiger charge is 2.34. The van der Waals surface area contributed by atoms with Gasteiger partial charge in [-0.2, -0.15) is 0 Å². The standard InChI is InChI=1S/C18H33N3O/c1-19-18(22)13-15-7-11-20(12-8-15)14-16-5-4-10-21-9-3-2-6-17(16)21/h15-17H,2-14H2,1H3,(H,19,22)/t16-,17+/m0/s1. The first-order valence-corrected chi connectivity index (χ1v) is 9.43. The third-order valence-corrected chi connectivity index (χ3v) is 6.18. The fourth-order valence-corrected chi connectivity index (χ4v) is 4.86. The lowest BCUT2D eigenvalue weighted by atomic mass is 9.82. The maximum absolute atomic E-state index is 11.5. The van der Waals surface area contributed by atoms with Gasteiger partial charge in [-0.15, -0.1) is 0 Å². The maximum Gasteiger partial charge on any atom is 0.220 e. The minimum absolute atomic E-state index is 0.212. The lowest BCUT2D eigenvalue weighted by Gasteiger charge is -2.46. The number of piperidine rings is 3. The number of fused-ring (bicyclic) bond motifs is 1. The van der Waals surface area contributed by atoms with Crippen LogP contribution >= 0.6 is 0 Å². The van der Waals surface area contributed by atoms with Gasteiger partial charge < -0.3 is 15.1 Å². The van der Waals surface area contributed by atoms with Gasteiger partial charge in [0, 0.05) is 26.1 Å². The van der Waals surface area contributed by atoms with Crippen molar-refractivity contribution in [1.82, 2.24) is 15.1 Å². The van der Waals surface area contributed by atoms with Gasteiger partial charge in [-0.3, -0.25) is 4.79 Å². The Labute approximate surface area is 135 Å². The fourth-order valence-electron chi connectivity index (χ4n) is 4.86. The van der Waals surface area contributed by atoms with Gasteiger partial charge in [0.15, 0.2) is 0 Å². The van der Waals surface area contributed by atoms with E-state index in [0.29, 0.717) is 5.92 Å². The molecule has 1 N–H and O–H groups in total. The summed E-state index contributed by atoms with van der Waals surface area (Å²) in [5, 5.41) is 2.76. The zero-order valence-corrected chi connectivity index (χ0v) is 14.2. The Morgan fingerprint density at radius 1 is 1.00 bits per heavy atom. The molecule has 0 aromatic heterocycles. The highest BCUT2D eigenvalue weighted by molar-refractivity contribution is 5.75. The maximum atomic E-state index is 11.5. The Morgan fingerprint density at radius 2 is 1.77 bits per heavy atom. The number of carbonyl (C=O) groups excluding carboxylic acids is 1. The molecule has 4 heteroatoms. The summed E-state index contributed by atoms with van der Waals surface area (Å²) in [7, 11) is 1.75. The molecule has 0 bridgehead atoms. The molecule has 22 heavy (non-hydrogen) atoms. The first-order chi connectivity index (χ1) is 10.8. The number of hydrogen-bond acceptors (Lipinski definition) is 3. The molecule has 3 saturated heterocycles. The van der Waals surface area contributed by atoms with Crippen LogP contribution in [0.4, 0.5) is 0 Å². The average Bonchev–Trinajstić information content (AvgIpc) is 2.57. The Bertz CT molecular complexity index is 363. The summed E-state index contributed by atoms with van der Waals surface area (Å²) >= 11 is 0. The summed E-state index contributed by atoms with van der Waals surface area (Å²) in [5.74, 6) is 1.71. The number of nitrogens with zero attached hydrogens (tertiary/aromatic N) is 2. The zero-order valence-electron chi connectivity index (χ0n) is 14.2. The predicted octanol–water partition coefficient (Wildman–Crippen LogP) is 2.10. The molecule has 0 unspecified atom stereocenters. The lowest BCUT2D eigenvalue weighted by molar-refractivity contribution is -0.121. The molecule has 0 aromatic carbocycles. The molecule has 0 spiro atoms. The van der Waals surface area contributed by atoms with Crippen molar-refractivity contribution in [3.8, 4) is 0 Å². The Balaban J connectivity index is 1.45. The molecular formula is C18H33N3O. The Hall–Kier alpha value is -0.610. The normalized spacial score (nSPS) is 31.7. The summed E-state index contributed by atoms with van der Waals surface area (Å²) in [6.45, 7) is 6.38. The smallest absolute Gasteiger partial charge is 0.220 e. The molecule has 3 fully saturated rings. The van der Waals surface area contributed by atoms with Crippen molar-refractivity contribution in [2.45, 2.75) is 57.4 Å². The van der Waals surface area contributed by atoms with E-state index in [4.69, 9.17) is 0 Å². The number of carbonyl (C=O) groups is 1. The number of likely N-dealkylation sites (tertiary alicyclic amines) is 1. The van der Waals surface area contributed by atoms with Gasteiger partial charge in [-0.25, -0.2) is 0 Å². The summed E-state index contributed by atoms with van der Waals surface area (Å²) < 4.78 is 0. The number of amides is 1. The molecule has 0 aromatic rings. The van der Waals surface area contributed by atoms with E-state index in [2.05, 4.69) is 15.1 Å². The molecule has 3 rings (SSSR count). The molecule has 3 aliphatic rings. The van der Waals surface area contributed by atoms with Gasteiger partial charge in [-0.05, 0) is 76.5 Å². The molecule has 0 radical (unpaired) electrons. The highest BCUT2D eigenvalue weighted by Crippen LogP contribution is 2.32. The second-order valence-electron chi connectivity index (χ2n) is 7.62. The lowest BCUT2D eigenvalue weighted by Crippen LogP contribution is -2.51. The molecule has 0 saturated carbocycles. The van der Waals surface area contributed by atoms with E-state index in [9.17, 15) is 4.79 Å². The Kier molecular flexibility index (Phi) is 5.75. The van der Waals surface area contributed by atoms with E-state index in [-0.39, 0.29) is 5.91 Å². The van der Waals surface area contributed by atoms with Crippen LogP contribution in [0.15, 0.2) is 0 Å². The largest absolute Gasteiger partial charge is 0.359 e. The van der Waals surface area contributed by atoms with E-state index in [0.717, 1.165) is 18.4 Å². The van der Waals surface area contributed by atoms with Crippen LogP contribution in [-0.2, 0) is 4.79 Å². The minimum Gasteiger partial charge on any atom is -0.359 e. The van der Waals surface area contributed by atoms with E-state index in [1.54, 1.807) is 7.05 Å². The quantitative estimate of drug-likeness (QED) is 0.864. The van der Waals surface area contributed by atoms with Crippen LogP contribution in [-0.4, -0.2) is 61.5 Å². The molecule has 0 aliphatic carbocycles.